The summed E-state index contributed by atoms with van der Waals surface area (Å²) in [5, 5.41) is 15.4. The minimum absolute atomic E-state index is 0.449. The van der Waals surface area contributed by atoms with E-state index in [1.165, 1.54) is 6.33 Å². The lowest BCUT2D eigenvalue weighted by molar-refractivity contribution is 0.926. The maximum Gasteiger partial charge on any atom is 0.175 e. The summed E-state index contributed by atoms with van der Waals surface area (Å²) in [6.07, 6.45) is 5.19. The van der Waals surface area contributed by atoms with Crippen LogP contribution in [0.3, 0.4) is 0 Å². The zero-order valence-corrected chi connectivity index (χ0v) is 7.38. The van der Waals surface area contributed by atoms with E-state index in [0.29, 0.717) is 18.6 Å². The molecular formula is C8H8N6. The predicted octanol–water partition coefficient (Wildman–Crippen LogP) is 0.450. The monoisotopic (exact) mass is 188 g/mol. The summed E-state index contributed by atoms with van der Waals surface area (Å²) >= 11 is 0. The maximum absolute atomic E-state index is 8.38. The number of fused-ring (bicyclic) bond motifs is 1. The number of nitrogens with zero attached hydrogens (tertiary/aromatic N) is 5. The van der Waals surface area contributed by atoms with E-state index in [1.807, 2.05) is 0 Å². The highest BCUT2D eigenvalue weighted by atomic mass is 15.3. The molecule has 0 saturated heterocycles. The lowest BCUT2D eigenvalue weighted by atomic mass is 10.4. The number of rotatable bonds is 3. The van der Waals surface area contributed by atoms with E-state index in [0.717, 1.165) is 5.82 Å². The smallest absolute Gasteiger partial charge is 0.175 e. The van der Waals surface area contributed by atoms with Gasteiger partial charge in [-0.3, -0.25) is 4.98 Å². The van der Waals surface area contributed by atoms with E-state index in [9.17, 15) is 0 Å². The van der Waals surface area contributed by atoms with Crippen LogP contribution >= 0.6 is 0 Å². The molecule has 0 aliphatic carbocycles. The molecule has 1 N–H and O–H groups in total. The maximum atomic E-state index is 8.38. The van der Waals surface area contributed by atoms with Gasteiger partial charge in [-0.05, 0) is 0 Å². The lowest BCUT2D eigenvalue weighted by Crippen LogP contribution is -2.06. The van der Waals surface area contributed by atoms with Gasteiger partial charge < -0.3 is 5.32 Å². The van der Waals surface area contributed by atoms with Crippen molar-refractivity contribution in [2.24, 2.45) is 0 Å². The van der Waals surface area contributed by atoms with Gasteiger partial charge in [0.05, 0.1) is 24.9 Å². The Labute approximate surface area is 80.2 Å². The van der Waals surface area contributed by atoms with Crippen LogP contribution in [0.25, 0.3) is 5.65 Å². The molecular weight excluding hydrogens is 180 g/mol. The molecule has 0 atom stereocenters. The van der Waals surface area contributed by atoms with E-state index in [-0.39, 0.29) is 0 Å². The van der Waals surface area contributed by atoms with Crippen molar-refractivity contribution >= 4 is 11.5 Å². The van der Waals surface area contributed by atoms with Crippen LogP contribution < -0.4 is 5.32 Å². The van der Waals surface area contributed by atoms with E-state index in [2.05, 4.69) is 26.5 Å². The molecule has 0 unspecified atom stereocenters. The van der Waals surface area contributed by atoms with Crippen LogP contribution in [0, 0.1) is 11.3 Å². The molecule has 6 heteroatoms. The number of hydrogen-bond acceptors (Lipinski definition) is 5. The van der Waals surface area contributed by atoms with Crippen molar-refractivity contribution < 1.29 is 0 Å². The summed E-state index contributed by atoms with van der Waals surface area (Å²) in [5.41, 5.74) is 0.687. The van der Waals surface area contributed by atoms with Crippen molar-refractivity contribution in [3.8, 4) is 6.07 Å². The second kappa shape index (κ2) is 3.70. The van der Waals surface area contributed by atoms with Gasteiger partial charge in [0.1, 0.15) is 12.1 Å². The fourth-order valence-electron chi connectivity index (χ4n) is 1.12. The van der Waals surface area contributed by atoms with Crippen LogP contribution in [0.4, 0.5) is 5.82 Å². The predicted molar refractivity (Wildman–Crippen MR) is 49.5 cm³/mol. The van der Waals surface area contributed by atoms with Crippen LogP contribution in [0.5, 0.6) is 0 Å². The second-order valence-corrected chi connectivity index (χ2v) is 2.66. The molecule has 2 aromatic rings. The van der Waals surface area contributed by atoms with Gasteiger partial charge in [-0.15, -0.1) is 0 Å². The number of hydrogen-bond donors (Lipinski definition) is 1. The van der Waals surface area contributed by atoms with Gasteiger partial charge in [-0.25, -0.2) is 4.98 Å². The molecule has 2 rings (SSSR count). The molecule has 2 heterocycles. The summed E-state index contributed by atoms with van der Waals surface area (Å²) < 4.78 is 1.64. The standard InChI is InChI=1S/C8H8N6/c9-2-1-3-11-7-4-10-5-8-12-6-13-14(7)8/h4-6,11H,1,3H2. The fourth-order valence-corrected chi connectivity index (χ4v) is 1.12. The van der Waals surface area contributed by atoms with Crippen LogP contribution in [-0.2, 0) is 0 Å². The van der Waals surface area contributed by atoms with Gasteiger partial charge in [-0.2, -0.15) is 14.9 Å². The van der Waals surface area contributed by atoms with Gasteiger partial charge in [-0.1, -0.05) is 0 Å². The third-order valence-corrected chi connectivity index (χ3v) is 1.73. The Morgan fingerprint density at radius 1 is 1.50 bits per heavy atom. The lowest BCUT2D eigenvalue weighted by Gasteiger charge is -2.03. The first kappa shape index (κ1) is 8.44. The number of nitrogens with one attached hydrogen (secondary N) is 1. The minimum Gasteiger partial charge on any atom is -0.368 e. The SMILES string of the molecule is N#CCCNc1cncc2ncnn12. The van der Waals surface area contributed by atoms with Crippen molar-refractivity contribution in [3.05, 3.63) is 18.7 Å². The molecule has 14 heavy (non-hydrogen) atoms. The van der Waals surface area contributed by atoms with E-state index < -0.39 is 0 Å². The van der Waals surface area contributed by atoms with Crippen molar-refractivity contribution in [1.29, 1.82) is 5.26 Å². The summed E-state index contributed by atoms with van der Waals surface area (Å²) in [6, 6.07) is 2.05. The number of nitriles is 1. The van der Waals surface area contributed by atoms with Crippen LogP contribution in [-0.4, -0.2) is 26.1 Å². The van der Waals surface area contributed by atoms with Gasteiger partial charge in [0.15, 0.2) is 5.65 Å². The Balaban J connectivity index is 2.24. The normalized spacial score (nSPS) is 9.93. The largest absolute Gasteiger partial charge is 0.368 e. The highest BCUT2D eigenvalue weighted by Crippen LogP contribution is 2.05. The Morgan fingerprint density at radius 3 is 3.29 bits per heavy atom. The van der Waals surface area contributed by atoms with Gasteiger partial charge in [0.2, 0.25) is 0 Å². The van der Waals surface area contributed by atoms with E-state index in [4.69, 9.17) is 5.26 Å². The van der Waals surface area contributed by atoms with Crippen LogP contribution in [0.15, 0.2) is 18.7 Å². The van der Waals surface area contributed by atoms with Crippen LogP contribution in [0.2, 0.25) is 0 Å². The van der Waals surface area contributed by atoms with E-state index >= 15 is 0 Å². The molecule has 6 nitrogen and oxygen atoms in total. The molecule has 0 aliphatic heterocycles. The Hall–Kier alpha value is -2.16. The molecule has 0 saturated carbocycles. The summed E-state index contributed by atoms with van der Waals surface area (Å²) in [7, 11) is 0. The second-order valence-electron chi connectivity index (χ2n) is 2.66. The minimum atomic E-state index is 0.449. The van der Waals surface area contributed by atoms with E-state index in [1.54, 1.807) is 16.9 Å². The molecule has 70 valence electrons. The summed E-state index contributed by atoms with van der Waals surface area (Å²) in [4.78, 5) is 7.99. The first-order valence-electron chi connectivity index (χ1n) is 4.16. The molecule has 0 aliphatic rings. The van der Waals surface area contributed by atoms with Crippen molar-refractivity contribution in [1.82, 2.24) is 19.6 Å². The molecule has 0 fully saturated rings. The van der Waals surface area contributed by atoms with Gasteiger partial charge in [0, 0.05) is 6.54 Å². The number of anilines is 1. The zero-order chi connectivity index (χ0) is 9.80. The summed E-state index contributed by atoms with van der Waals surface area (Å²) in [6.45, 7) is 0.581. The van der Waals surface area contributed by atoms with Gasteiger partial charge >= 0.3 is 0 Å². The highest BCUT2D eigenvalue weighted by molar-refractivity contribution is 5.44. The summed E-state index contributed by atoms with van der Waals surface area (Å²) in [5.74, 6) is 0.746. The molecule has 0 radical (unpaired) electrons. The average molecular weight is 188 g/mol. The first-order chi connectivity index (χ1) is 6.92. The Bertz CT molecular complexity index is 468. The number of aromatic nitrogens is 4. The molecule has 0 bridgehead atoms. The third kappa shape index (κ3) is 1.47. The molecule has 2 aromatic heterocycles. The quantitative estimate of drug-likeness (QED) is 0.707. The Kier molecular flexibility index (Phi) is 2.23. The molecule has 0 amide bonds. The zero-order valence-electron chi connectivity index (χ0n) is 7.38. The first-order valence-corrected chi connectivity index (χ1v) is 4.16. The fraction of sp³-hybridized carbons (Fsp3) is 0.250. The molecule has 0 spiro atoms. The van der Waals surface area contributed by atoms with Crippen molar-refractivity contribution in [2.45, 2.75) is 6.42 Å². The van der Waals surface area contributed by atoms with Gasteiger partial charge in [0.25, 0.3) is 0 Å². The van der Waals surface area contributed by atoms with Crippen molar-refractivity contribution in [2.75, 3.05) is 11.9 Å². The highest BCUT2D eigenvalue weighted by Gasteiger charge is 2.00. The van der Waals surface area contributed by atoms with Crippen LogP contribution in [0.1, 0.15) is 6.42 Å². The van der Waals surface area contributed by atoms with Crippen molar-refractivity contribution in [3.63, 3.8) is 0 Å². The topological polar surface area (TPSA) is 78.9 Å². The average Bonchev–Trinajstić information content (AvgIpc) is 2.67. The molecule has 0 aromatic carbocycles. The third-order valence-electron chi connectivity index (χ3n) is 1.73. The Morgan fingerprint density at radius 2 is 2.43 bits per heavy atom.